The van der Waals surface area contributed by atoms with E-state index in [2.05, 4.69) is 9.97 Å². The van der Waals surface area contributed by atoms with Crippen LogP contribution in [-0.2, 0) is 0 Å². The van der Waals surface area contributed by atoms with E-state index in [-0.39, 0.29) is 17.1 Å². The first-order valence-electron chi connectivity index (χ1n) is 8.59. The van der Waals surface area contributed by atoms with Crippen molar-refractivity contribution in [2.75, 3.05) is 0 Å². The number of pyridine rings is 1. The molecule has 8 heteroatoms. The van der Waals surface area contributed by atoms with Gasteiger partial charge in [0.05, 0.1) is 15.8 Å². The van der Waals surface area contributed by atoms with Gasteiger partial charge < -0.3 is 0 Å². The molecule has 0 aliphatic rings. The second-order valence-electron chi connectivity index (χ2n) is 6.15. The van der Waals surface area contributed by atoms with Crippen LogP contribution in [-0.4, -0.2) is 19.5 Å². The first-order chi connectivity index (χ1) is 14.0. The van der Waals surface area contributed by atoms with Gasteiger partial charge in [-0.1, -0.05) is 41.9 Å². The summed E-state index contributed by atoms with van der Waals surface area (Å²) in [6.07, 6.45) is 4.58. The maximum Gasteiger partial charge on any atom is 0.287 e. The molecule has 0 aliphatic carbocycles. The number of hydrogen-bond donors (Lipinski definition) is 0. The summed E-state index contributed by atoms with van der Waals surface area (Å²) in [6.45, 7) is 0. The lowest BCUT2D eigenvalue weighted by Crippen LogP contribution is -2.23. The fourth-order valence-electron chi connectivity index (χ4n) is 2.88. The molecule has 142 valence electrons. The van der Waals surface area contributed by atoms with Crippen LogP contribution in [0.5, 0.6) is 0 Å². The first-order valence-corrected chi connectivity index (χ1v) is 8.97. The van der Waals surface area contributed by atoms with Crippen molar-refractivity contribution in [3.63, 3.8) is 0 Å². The maximum atomic E-state index is 13.1. The number of para-hydroxylation sites is 1. The minimum Gasteiger partial charge on any atom is -0.268 e. The predicted molar refractivity (Wildman–Crippen MR) is 112 cm³/mol. The number of rotatable bonds is 4. The number of aromatic nitrogens is 3. The molecule has 0 bridgehead atoms. The van der Waals surface area contributed by atoms with Crippen LogP contribution in [0.1, 0.15) is 11.4 Å². The van der Waals surface area contributed by atoms with Gasteiger partial charge in [-0.15, -0.1) is 0 Å². The Kier molecular flexibility index (Phi) is 4.88. The van der Waals surface area contributed by atoms with Crippen molar-refractivity contribution in [3.8, 4) is 5.82 Å². The molecular weight excluding hydrogens is 392 g/mol. The summed E-state index contributed by atoms with van der Waals surface area (Å²) in [5, 5.41) is 11.9. The first kappa shape index (κ1) is 18.5. The second kappa shape index (κ2) is 7.65. The van der Waals surface area contributed by atoms with Crippen molar-refractivity contribution in [3.05, 3.63) is 104 Å². The van der Waals surface area contributed by atoms with Gasteiger partial charge in [-0.2, -0.15) is 0 Å². The van der Waals surface area contributed by atoms with Gasteiger partial charge in [-0.3, -0.25) is 14.9 Å². The highest BCUT2D eigenvalue weighted by atomic mass is 35.5. The van der Waals surface area contributed by atoms with Gasteiger partial charge in [-0.25, -0.2) is 14.5 Å². The van der Waals surface area contributed by atoms with Gasteiger partial charge in [-0.05, 0) is 42.0 Å². The molecule has 2 aromatic carbocycles. The predicted octanol–water partition coefficient (Wildman–Crippen LogP) is 4.51. The van der Waals surface area contributed by atoms with Crippen molar-refractivity contribution in [2.24, 2.45) is 0 Å². The van der Waals surface area contributed by atoms with Crippen LogP contribution >= 0.6 is 11.6 Å². The molecule has 7 nitrogen and oxygen atoms in total. The molecule has 0 radical (unpaired) electrons. The maximum absolute atomic E-state index is 13.1. The lowest BCUT2D eigenvalue weighted by Gasteiger charge is -2.10. The van der Waals surface area contributed by atoms with E-state index in [4.69, 9.17) is 11.6 Å². The van der Waals surface area contributed by atoms with Crippen molar-refractivity contribution < 1.29 is 4.92 Å². The van der Waals surface area contributed by atoms with E-state index in [0.29, 0.717) is 21.7 Å². The molecule has 4 aromatic rings. The average Bonchev–Trinajstić information content (AvgIpc) is 2.72. The van der Waals surface area contributed by atoms with Crippen molar-refractivity contribution in [1.29, 1.82) is 0 Å². The Hall–Kier alpha value is -3.84. The highest BCUT2D eigenvalue weighted by Gasteiger charge is 2.13. The summed E-state index contributed by atoms with van der Waals surface area (Å²) < 4.78 is 1.33. The third-order valence-corrected chi connectivity index (χ3v) is 4.48. The molecule has 0 atom stereocenters. The van der Waals surface area contributed by atoms with Crippen LogP contribution in [0, 0.1) is 10.1 Å². The minimum absolute atomic E-state index is 0.161. The second-order valence-corrected chi connectivity index (χ2v) is 6.58. The number of fused-ring (bicyclic) bond motifs is 1. The zero-order valence-electron chi connectivity index (χ0n) is 14.9. The van der Waals surface area contributed by atoms with Crippen LogP contribution < -0.4 is 5.56 Å². The van der Waals surface area contributed by atoms with Crippen molar-refractivity contribution >= 4 is 40.3 Å². The smallest absolute Gasteiger partial charge is 0.268 e. The van der Waals surface area contributed by atoms with E-state index < -0.39 is 4.92 Å². The fraction of sp³-hybridized carbons (Fsp3) is 0. The van der Waals surface area contributed by atoms with E-state index in [1.807, 2.05) is 12.1 Å². The molecule has 0 spiro atoms. The topological polar surface area (TPSA) is 90.9 Å². The third-order valence-electron chi connectivity index (χ3n) is 4.25. The number of nitrogens with zero attached hydrogens (tertiary/aromatic N) is 4. The van der Waals surface area contributed by atoms with E-state index in [0.717, 1.165) is 11.8 Å². The van der Waals surface area contributed by atoms with Gasteiger partial charge in [0, 0.05) is 11.1 Å². The molecule has 0 saturated heterocycles. The molecule has 0 fully saturated rings. The van der Waals surface area contributed by atoms with Crippen molar-refractivity contribution in [2.45, 2.75) is 0 Å². The molecule has 0 N–H and O–H groups in total. The van der Waals surface area contributed by atoms with Crippen LogP contribution in [0.2, 0.25) is 5.02 Å². The normalized spacial score (nSPS) is 11.2. The third kappa shape index (κ3) is 3.76. The monoisotopic (exact) mass is 404 g/mol. The molecule has 0 amide bonds. The Balaban J connectivity index is 1.91. The quantitative estimate of drug-likeness (QED) is 0.368. The molecular formula is C21H13ClN4O3. The van der Waals surface area contributed by atoms with Gasteiger partial charge in [0.1, 0.15) is 17.8 Å². The van der Waals surface area contributed by atoms with Crippen LogP contribution in [0.3, 0.4) is 0 Å². The summed E-state index contributed by atoms with van der Waals surface area (Å²) in [4.78, 5) is 32.2. The Morgan fingerprint density at radius 1 is 1.03 bits per heavy atom. The summed E-state index contributed by atoms with van der Waals surface area (Å²) in [5.41, 5.74) is 0.902. The van der Waals surface area contributed by atoms with Gasteiger partial charge in [0.2, 0.25) is 0 Å². The zero-order chi connectivity index (χ0) is 20.4. The Bertz CT molecular complexity index is 1310. The van der Waals surface area contributed by atoms with Crippen LogP contribution in [0.4, 0.5) is 5.69 Å². The van der Waals surface area contributed by atoms with Crippen molar-refractivity contribution in [1.82, 2.24) is 14.5 Å². The molecule has 2 aromatic heterocycles. The number of halogens is 1. The molecule has 4 rings (SSSR count). The highest BCUT2D eigenvalue weighted by molar-refractivity contribution is 6.30. The average molecular weight is 405 g/mol. The summed E-state index contributed by atoms with van der Waals surface area (Å²) in [6, 6.07) is 16.9. The van der Waals surface area contributed by atoms with E-state index in [1.54, 1.807) is 48.6 Å². The van der Waals surface area contributed by atoms with E-state index >= 15 is 0 Å². The lowest BCUT2D eigenvalue weighted by atomic mass is 10.2. The fourth-order valence-corrected chi connectivity index (χ4v) is 3.08. The van der Waals surface area contributed by atoms with E-state index in [9.17, 15) is 14.9 Å². The SMILES string of the molecule is O=c1c2ccccc2nc(/C=C/c2cccc(Cl)c2)n1-c1ccc([N+](=O)[O-])cn1. The molecule has 0 unspecified atom stereocenters. The number of nitro groups is 1. The largest absolute Gasteiger partial charge is 0.287 e. The molecule has 0 saturated carbocycles. The summed E-state index contributed by atoms with van der Waals surface area (Å²) in [7, 11) is 0. The highest BCUT2D eigenvalue weighted by Crippen LogP contribution is 2.17. The zero-order valence-corrected chi connectivity index (χ0v) is 15.7. The van der Waals surface area contributed by atoms with Gasteiger partial charge >= 0.3 is 0 Å². The molecule has 2 heterocycles. The summed E-state index contributed by atoms with van der Waals surface area (Å²) >= 11 is 6.03. The number of benzene rings is 2. The molecule has 0 aliphatic heterocycles. The molecule has 29 heavy (non-hydrogen) atoms. The minimum atomic E-state index is -0.543. The van der Waals surface area contributed by atoms with Gasteiger partial charge in [0.25, 0.3) is 11.2 Å². The summed E-state index contributed by atoms with van der Waals surface area (Å²) in [5.74, 6) is 0.583. The number of hydrogen-bond acceptors (Lipinski definition) is 5. The standard InChI is InChI=1S/C21H13ClN4O3/c22-15-5-3-4-14(12-15)8-10-20-24-18-7-2-1-6-17(18)21(27)25(20)19-11-9-16(13-23-19)26(28)29/h1-13H/b10-8+. The Morgan fingerprint density at radius 2 is 1.86 bits per heavy atom. The Morgan fingerprint density at radius 3 is 2.59 bits per heavy atom. The van der Waals surface area contributed by atoms with Crippen LogP contribution in [0.25, 0.3) is 28.9 Å². The van der Waals surface area contributed by atoms with Gasteiger partial charge in [0.15, 0.2) is 0 Å². The van der Waals surface area contributed by atoms with E-state index in [1.165, 1.54) is 16.7 Å². The lowest BCUT2D eigenvalue weighted by molar-refractivity contribution is -0.385. The Labute approximate surface area is 169 Å². The van der Waals surface area contributed by atoms with Crippen LogP contribution in [0.15, 0.2) is 71.7 Å².